The normalized spacial score (nSPS) is 19.9. The van der Waals surface area contributed by atoms with Gasteiger partial charge in [0, 0.05) is 26.7 Å². The molecule has 92 valence electrons. The molecule has 0 bridgehead atoms. The van der Waals surface area contributed by atoms with Gasteiger partial charge in [-0.25, -0.2) is 12.7 Å². The monoisotopic (exact) mass is 258 g/mol. The topological polar surface area (TPSA) is 72.6 Å². The molecule has 15 heavy (non-hydrogen) atoms. The minimum absolute atomic E-state index is 0. The zero-order valence-corrected chi connectivity index (χ0v) is 10.5. The number of rotatable bonds is 4. The van der Waals surface area contributed by atoms with E-state index in [1.54, 1.807) is 7.11 Å². The number of sulfonamides is 1. The van der Waals surface area contributed by atoms with Crippen molar-refractivity contribution in [1.29, 1.82) is 0 Å². The van der Waals surface area contributed by atoms with E-state index in [0.717, 1.165) is 12.8 Å². The van der Waals surface area contributed by atoms with Gasteiger partial charge in [-0.15, -0.1) is 12.4 Å². The molecule has 2 N–H and O–H groups in total. The highest BCUT2D eigenvalue weighted by molar-refractivity contribution is 7.89. The summed E-state index contributed by atoms with van der Waals surface area (Å²) < 4.78 is 29.8. The van der Waals surface area contributed by atoms with Crippen LogP contribution in [0.4, 0.5) is 0 Å². The number of nitrogens with zero attached hydrogens (tertiary/aromatic N) is 1. The summed E-state index contributed by atoms with van der Waals surface area (Å²) in [7, 11) is -1.45. The first kappa shape index (κ1) is 15.1. The molecule has 7 heteroatoms. The predicted octanol–water partition coefficient (Wildman–Crippen LogP) is -0.192. The van der Waals surface area contributed by atoms with Gasteiger partial charge in [0.05, 0.1) is 11.9 Å². The molecule has 0 aromatic rings. The van der Waals surface area contributed by atoms with Crippen molar-refractivity contribution >= 4 is 22.4 Å². The summed E-state index contributed by atoms with van der Waals surface area (Å²) in [5.41, 5.74) is 5.24. The lowest BCUT2D eigenvalue weighted by Gasteiger charge is -2.30. The standard InChI is InChI=1S/C8H18N2O3S.ClH/c1-13-8-2-5-10(6-3-8)14(11,12)7-4-9;/h8H,2-7,9H2,1H3;1H. The quantitative estimate of drug-likeness (QED) is 0.759. The first-order valence-electron chi connectivity index (χ1n) is 4.81. The second kappa shape index (κ2) is 6.65. The summed E-state index contributed by atoms with van der Waals surface area (Å²) >= 11 is 0. The van der Waals surface area contributed by atoms with Crippen LogP contribution in [0.15, 0.2) is 0 Å². The third kappa shape index (κ3) is 4.24. The smallest absolute Gasteiger partial charge is 0.215 e. The second-order valence-electron chi connectivity index (χ2n) is 3.44. The summed E-state index contributed by atoms with van der Waals surface area (Å²) in [6.45, 7) is 1.30. The van der Waals surface area contributed by atoms with Gasteiger partial charge < -0.3 is 10.5 Å². The molecule has 1 fully saturated rings. The molecule has 0 unspecified atom stereocenters. The number of hydrogen-bond donors (Lipinski definition) is 1. The Morgan fingerprint density at radius 1 is 1.40 bits per heavy atom. The zero-order valence-electron chi connectivity index (χ0n) is 8.89. The molecule has 1 saturated heterocycles. The van der Waals surface area contributed by atoms with E-state index in [0.29, 0.717) is 13.1 Å². The Morgan fingerprint density at radius 2 is 1.93 bits per heavy atom. The molecule has 0 saturated carbocycles. The van der Waals surface area contributed by atoms with Gasteiger partial charge in [-0.05, 0) is 12.8 Å². The van der Waals surface area contributed by atoms with Crippen LogP contribution in [-0.2, 0) is 14.8 Å². The molecule has 5 nitrogen and oxygen atoms in total. The van der Waals surface area contributed by atoms with Crippen molar-refractivity contribution in [1.82, 2.24) is 4.31 Å². The van der Waals surface area contributed by atoms with Gasteiger partial charge in [0.15, 0.2) is 0 Å². The maximum atomic E-state index is 11.6. The Bertz CT molecular complexity index is 263. The lowest BCUT2D eigenvalue weighted by Crippen LogP contribution is -2.42. The Hall–Kier alpha value is 0.120. The molecule has 0 aromatic heterocycles. The first-order chi connectivity index (χ1) is 6.60. The fraction of sp³-hybridized carbons (Fsp3) is 1.00. The van der Waals surface area contributed by atoms with Gasteiger partial charge in [0.25, 0.3) is 0 Å². The highest BCUT2D eigenvalue weighted by Gasteiger charge is 2.26. The largest absolute Gasteiger partial charge is 0.381 e. The average Bonchev–Trinajstić information content (AvgIpc) is 2.18. The number of piperidine rings is 1. The van der Waals surface area contributed by atoms with Gasteiger partial charge in [-0.1, -0.05) is 0 Å². The average molecular weight is 259 g/mol. The maximum Gasteiger partial charge on any atom is 0.215 e. The fourth-order valence-corrected chi connectivity index (χ4v) is 2.95. The van der Waals surface area contributed by atoms with E-state index in [4.69, 9.17) is 10.5 Å². The molecular formula is C8H19ClN2O3S. The summed E-state index contributed by atoms with van der Waals surface area (Å²) in [5.74, 6) is 0.0463. The van der Waals surface area contributed by atoms with Crippen LogP contribution in [0.5, 0.6) is 0 Å². The van der Waals surface area contributed by atoms with Crippen LogP contribution in [0.1, 0.15) is 12.8 Å². The van der Waals surface area contributed by atoms with Crippen LogP contribution in [0.3, 0.4) is 0 Å². The van der Waals surface area contributed by atoms with Crippen LogP contribution in [0, 0.1) is 0 Å². The molecule has 0 amide bonds. The lowest BCUT2D eigenvalue weighted by atomic mass is 10.1. The highest BCUT2D eigenvalue weighted by atomic mass is 35.5. The Balaban J connectivity index is 0.00000196. The Kier molecular flexibility index (Phi) is 6.70. The van der Waals surface area contributed by atoms with Crippen LogP contribution in [-0.4, -0.2) is 51.3 Å². The number of ether oxygens (including phenoxy) is 1. The van der Waals surface area contributed by atoms with E-state index >= 15 is 0 Å². The molecule has 1 aliphatic rings. The molecular weight excluding hydrogens is 240 g/mol. The first-order valence-corrected chi connectivity index (χ1v) is 6.41. The third-order valence-electron chi connectivity index (χ3n) is 2.50. The van der Waals surface area contributed by atoms with Gasteiger partial charge in [0.2, 0.25) is 10.0 Å². The molecule has 1 heterocycles. The van der Waals surface area contributed by atoms with E-state index < -0.39 is 10.0 Å². The third-order valence-corrected chi connectivity index (χ3v) is 4.41. The number of methoxy groups -OCH3 is 1. The van der Waals surface area contributed by atoms with E-state index in [2.05, 4.69) is 0 Å². The number of hydrogen-bond acceptors (Lipinski definition) is 4. The van der Waals surface area contributed by atoms with E-state index in [-0.39, 0.29) is 30.8 Å². The van der Waals surface area contributed by atoms with E-state index in [9.17, 15) is 8.42 Å². The van der Waals surface area contributed by atoms with Gasteiger partial charge in [0.1, 0.15) is 0 Å². The minimum atomic E-state index is -3.11. The van der Waals surface area contributed by atoms with Crippen molar-refractivity contribution in [2.24, 2.45) is 5.73 Å². The lowest BCUT2D eigenvalue weighted by molar-refractivity contribution is 0.0604. The van der Waals surface area contributed by atoms with Crippen molar-refractivity contribution in [2.75, 3.05) is 32.5 Å². The van der Waals surface area contributed by atoms with Crippen LogP contribution in [0.2, 0.25) is 0 Å². The van der Waals surface area contributed by atoms with Crippen molar-refractivity contribution in [2.45, 2.75) is 18.9 Å². The molecule has 1 rings (SSSR count). The maximum absolute atomic E-state index is 11.6. The van der Waals surface area contributed by atoms with Gasteiger partial charge in [-0.2, -0.15) is 0 Å². The van der Waals surface area contributed by atoms with E-state index in [1.807, 2.05) is 0 Å². The highest BCUT2D eigenvalue weighted by Crippen LogP contribution is 2.15. The number of halogens is 1. The predicted molar refractivity (Wildman–Crippen MR) is 61.7 cm³/mol. The Labute approximate surface area is 97.4 Å². The fourth-order valence-electron chi connectivity index (χ4n) is 1.62. The molecule has 1 aliphatic heterocycles. The molecule has 0 aromatic carbocycles. The van der Waals surface area contributed by atoms with Crippen molar-refractivity contribution in [3.05, 3.63) is 0 Å². The molecule has 0 spiro atoms. The number of nitrogens with two attached hydrogens (primary N) is 1. The van der Waals surface area contributed by atoms with Crippen LogP contribution >= 0.6 is 12.4 Å². The van der Waals surface area contributed by atoms with Crippen molar-refractivity contribution < 1.29 is 13.2 Å². The minimum Gasteiger partial charge on any atom is -0.381 e. The summed E-state index contributed by atoms with van der Waals surface area (Å²) in [5, 5.41) is 0. The molecule has 0 radical (unpaired) electrons. The summed E-state index contributed by atoms with van der Waals surface area (Å²) in [6, 6.07) is 0. The molecule has 0 aliphatic carbocycles. The zero-order chi connectivity index (χ0) is 10.6. The summed E-state index contributed by atoms with van der Waals surface area (Å²) in [6.07, 6.45) is 1.76. The van der Waals surface area contributed by atoms with Crippen LogP contribution in [0.25, 0.3) is 0 Å². The van der Waals surface area contributed by atoms with Crippen LogP contribution < -0.4 is 5.73 Å². The second-order valence-corrected chi connectivity index (χ2v) is 5.53. The van der Waals surface area contributed by atoms with E-state index in [1.165, 1.54) is 4.31 Å². The van der Waals surface area contributed by atoms with Gasteiger partial charge >= 0.3 is 0 Å². The molecule has 0 atom stereocenters. The Morgan fingerprint density at radius 3 is 2.33 bits per heavy atom. The summed E-state index contributed by atoms with van der Waals surface area (Å²) in [4.78, 5) is 0. The van der Waals surface area contributed by atoms with Gasteiger partial charge in [-0.3, -0.25) is 0 Å². The van der Waals surface area contributed by atoms with Crippen molar-refractivity contribution in [3.63, 3.8) is 0 Å². The SMILES string of the molecule is COC1CCN(S(=O)(=O)CCN)CC1.Cl. The van der Waals surface area contributed by atoms with Crippen molar-refractivity contribution in [3.8, 4) is 0 Å².